The first-order chi connectivity index (χ1) is 14.2. The maximum absolute atomic E-state index is 13.3. The Morgan fingerprint density at radius 2 is 1.60 bits per heavy atom. The number of hydrogen-bond donors (Lipinski definition) is 1. The van der Waals surface area contributed by atoms with Crippen LogP contribution in [-0.2, 0) is 22.6 Å². The molecule has 0 radical (unpaired) electrons. The number of halogens is 3. The van der Waals surface area contributed by atoms with Crippen molar-refractivity contribution < 1.29 is 9.59 Å². The SMILES string of the molecule is CC[C@@H](C(=O)NCC(C)C)N(Cc1ccc(Cl)cc1)C(=O)Cc1c(Cl)cccc1Cl. The third-order valence-electron chi connectivity index (χ3n) is 4.73. The summed E-state index contributed by atoms with van der Waals surface area (Å²) in [4.78, 5) is 27.8. The van der Waals surface area contributed by atoms with E-state index < -0.39 is 6.04 Å². The average molecular weight is 470 g/mol. The van der Waals surface area contributed by atoms with Crippen LogP contribution in [0.25, 0.3) is 0 Å². The van der Waals surface area contributed by atoms with Crippen LogP contribution in [0.5, 0.6) is 0 Å². The summed E-state index contributed by atoms with van der Waals surface area (Å²) in [6.45, 7) is 6.78. The Hall–Kier alpha value is -1.75. The van der Waals surface area contributed by atoms with Crippen molar-refractivity contribution in [1.82, 2.24) is 10.2 Å². The third kappa shape index (κ3) is 6.90. The molecule has 0 spiro atoms. The van der Waals surface area contributed by atoms with Gasteiger partial charge in [-0.2, -0.15) is 0 Å². The lowest BCUT2D eigenvalue weighted by Crippen LogP contribution is -2.50. The van der Waals surface area contributed by atoms with Crippen molar-refractivity contribution in [2.24, 2.45) is 5.92 Å². The highest BCUT2D eigenvalue weighted by atomic mass is 35.5. The summed E-state index contributed by atoms with van der Waals surface area (Å²) in [6.07, 6.45) is 0.500. The van der Waals surface area contributed by atoms with E-state index >= 15 is 0 Å². The lowest BCUT2D eigenvalue weighted by atomic mass is 10.1. The van der Waals surface area contributed by atoms with Crippen LogP contribution in [0.2, 0.25) is 15.1 Å². The van der Waals surface area contributed by atoms with Crippen LogP contribution in [0.1, 0.15) is 38.3 Å². The largest absolute Gasteiger partial charge is 0.354 e. The standard InChI is InChI=1S/C23H27Cl3N2O2/c1-4-21(23(30)27-13-15(2)3)28(14-16-8-10-17(24)11-9-16)22(29)12-18-19(25)6-5-7-20(18)26/h5-11,15,21H,4,12-14H2,1-3H3,(H,27,30)/t21-/m0/s1. The summed E-state index contributed by atoms with van der Waals surface area (Å²) in [5.74, 6) is -0.0703. The molecule has 2 aromatic carbocycles. The molecule has 2 amide bonds. The van der Waals surface area contributed by atoms with Crippen LogP contribution >= 0.6 is 34.8 Å². The van der Waals surface area contributed by atoms with Gasteiger partial charge in [-0.25, -0.2) is 0 Å². The zero-order valence-corrected chi connectivity index (χ0v) is 19.7. The van der Waals surface area contributed by atoms with Gasteiger partial charge >= 0.3 is 0 Å². The molecule has 4 nitrogen and oxygen atoms in total. The van der Waals surface area contributed by atoms with Crippen molar-refractivity contribution in [3.05, 3.63) is 68.7 Å². The van der Waals surface area contributed by atoms with Crippen molar-refractivity contribution in [3.8, 4) is 0 Å². The molecule has 1 atom stereocenters. The highest BCUT2D eigenvalue weighted by Crippen LogP contribution is 2.26. The molecule has 1 N–H and O–H groups in total. The molecule has 0 aliphatic heterocycles. The third-order valence-corrected chi connectivity index (χ3v) is 5.69. The summed E-state index contributed by atoms with van der Waals surface area (Å²) in [6, 6.07) is 11.8. The van der Waals surface area contributed by atoms with E-state index in [0.717, 1.165) is 5.56 Å². The quantitative estimate of drug-likeness (QED) is 0.507. The number of carbonyl (C=O) groups is 2. The average Bonchev–Trinajstić information content (AvgIpc) is 2.70. The van der Waals surface area contributed by atoms with Gasteiger partial charge in [0.25, 0.3) is 0 Å². The Bertz CT molecular complexity index is 849. The first-order valence-corrected chi connectivity index (χ1v) is 11.1. The highest BCUT2D eigenvalue weighted by Gasteiger charge is 2.29. The van der Waals surface area contributed by atoms with Gasteiger partial charge < -0.3 is 10.2 Å². The van der Waals surface area contributed by atoms with Crippen LogP contribution < -0.4 is 5.32 Å². The maximum atomic E-state index is 13.3. The molecule has 2 rings (SSSR count). The zero-order chi connectivity index (χ0) is 22.3. The van der Waals surface area contributed by atoms with Crippen LogP contribution in [-0.4, -0.2) is 29.3 Å². The van der Waals surface area contributed by atoms with E-state index in [4.69, 9.17) is 34.8 Å². The fourth-order valence-electron chi connectivity index (χ4n) is 3.08. The van der Waals surface area contributed by atoms with Crippen molar-refractivity contribution in [2.45, 2.75) is 46.2 Å². The van der Waals surface area contributed by atoms with Gasteiger partial charge in [0.2, 0.25) is 11.8 Å². The molecule has 0 unspecified atom stereocenters. The zero-order valence-electron chi connectivity index (χ0n) is 17.4. The minimum Gasteiger partial charge on any atom is -0.354 e. The number of nitrogens with one attached hydrogen (secondary N) is 1. The Morgan fingerprint density at radius 3 is 2.13 bits per heavy atom. The molecular weight excluding hydrogens is 443 g/mol. The summed E-state index contributed by atoms with van der Waals surface area (Å²) in [5.41, 5.74) is 1.44. The lowest BCUT2D eigenvalue weighted by Gasteiger charge is -2.31. The summed E-state index contributed by atoms with van der Waals surface area (Å²) in [5, 5.41) is 4.42. The van der Waals surface area contributed by atoms with E-state index in [-0.39, 0.29) is 24.8 Å². The monoisotopic (exact) mass is 468 g/mol. The second-order valence-corrected chi connectivity index (χ2v) is 8.84. The van der Waals surface area contributed by atoms with Crippen molar-refractivity contribution in [1.29, 1.82) is 0 Å². The first-order valence-electron chi connectivity index (χ1n) is 9.97. The minimum atomic E-state index is -0.604. The molecule has 0 aliphatic carbocycles. The molecule has 0 heterocycles. The van der Waals surface area contributed by atoms with Crippen LogP contribution in [0.4, 0.5) is 0 Å². The van der Waals surface area contributed by atoms with E-state index in [1.54, 1.807) is 35.2 Å². The molecule has 2 aromatic rings. The lowest BCUT2D eigenvalue weighted by molar-refractivity contribution is -0.141. The van der Waals surface area contributed by atoms with Crippen molar-refractivity contribution >= 4 is 46.6 Å². The van der Waals surface area contributed by atoms with Gasteiger partial charge in [0, 0.05) is 28.2 Å². The summed E-state index contributed by atoms with van der Waals surface area (Å²) in [7, 11) is 0. The summed E-state index contributed by atoms with van der Waals surface area (Å²) < 4.78 is 0. The molecule has 0 aliphatic rings. The second kappa shape index (κ2) is 11.6. The maximum Gasteiger partial charge on any atom is 0.242 e. The Kier molecular flexibility index (Phi) is 9.47. The fourth-order valence-corrected chi connectivity index (χ4v) is 3.74. The topological polar surface area (TPSA) is 49.4 Å². The van der Waals surface area contributed by atoms with E-state index in [0.29, 0.717) is 39.5 Å². The van der Waals surface area contributed by atoms with Gasteiger partial charge in [0.05, 0.1) is 6.42 Å². The van der Waals surface area contributed by atoms with Gasteiger partial charge in [-0.3, -0.25) is 9.59 Å². The number of amides is 2. The van der Waals surface area contributed by atoms with E-state index in [2.05, 4.69) is 5.32 Å². The molecule has 0 fully saturated rings. The number of benzene rings is 2. The molecular formula is C23H27Cl3N2O2. The second-order valence-electron chi connectivity index (χ2n) is 7.59. The van der Waals surface area contributed by atoms with E-state index in [1.165, 1.54) is 0 Å². The van der Waals surface area contributed by atoms with E-state index in [1.807, 2.05) is 32.9 Å². The highest BCUT2D eigenvalue weighted by molar-refractivity contribution is 6.36. The predicted molar refractivity (Wildman–Crippen MR) is 124 cm³/mol. The van der Waals surface area contributed by atoms with Crippen molar-refractivity contribution in [3.63, 3.8) is 0 Å². The Morgan fingerprint density at radius 1 is 1.00 bits per heavy atom. The molecule has 0 aromatic heterocycles. The first kappa shape index (κ1) is 24.5. The fraction of sp³-hybridized carbons (Fsp3) is 0.391. The Balaban J connectivity index is 2.32. The molecule has 0 bridgehead atoms. The number of rotatable bonds is 9. The molecule has 0 saturated heterocycles. The predicted octanol–water partition coefficient (Wildman–Crippen LogP) is 5.77. The smallest absolute Gasteiger partial charge is 0.242 e. The normalized spacial score (nSPS) is 12.0. The molecule has 30 heavy (non-hydrogen) atoms. The van der Waals surface area contributed by atoms with Gasteiger partial charge in [-0.15, -0.1) is 0 Å². The Labute approximate surface area is 193 Å². The molecule has 162 valence electrons. The van der Waals surface area contributed by atoms with Gasteiger partial charge in [-0.05, 0) is 47.7 Å². The minimum absolute atomic E-state index is 0.0139. The number of carbonyl (C=O) groups excluding carboxylic acids is 2. The number of nitrogens with zero attached hydrogens (tertiary/aromatic N) is 1. The van der Waals surface area contributed by atoms with Gasteiger partial charge in [0.15, 0.2) is 0 Å². The van der Waals surface area contributed by atoms with Crippen LogP contribution in [0.3, 0.4) is 0 Å². The molecule has 7 heteroatoms. The van der Waals surface area contributed by atoms with Crippen LogP contribution in [0, 0.1) is 5.92 Å². The summed E-state index contributed by atoms with van der Waals surface area (Å²) >= 11 is 18.5. The van der Waals surface area contributed by atoms with Crippen molar-refractivity contribution in [2.75, 3.05) is 6.54 Å². The van der Waals surface area contributed by atoms with Gasteiger partial charge in [-0.1, -0.05) is 73.8 Å². The van der Waals surface area contributed by atoms with Gasteiger partial charge in [0.1, 0.15) is 6.04 Å². The molecule has 0 saturated carbocycles. The van der Waals surface area contributed by atoms with Crippen LogP contribution in [0.15, 0.2) is 42.5 Å². The van der Waals surface area contributed by atoms with E-state index in [9.17, 15) is 9.59 Å². The number of hydrogen-bond acceptors (Lipinski definition) is 2.